The predicted octanol–water partition coefficient (Wildman–Crippen LogP) is 13.4. The molecule has 59 heavy (non-hydrogen) atoms. The fourth-order valence-electron chi connectivity index (χ4n) is 7.05. The zero-order valence-corrected chi connectivity index (χ0v) is 38.8. The molecule has 2 atom stereocenters. The Bertz CT molecular complexity index is 1010. The van der Waals surface area contributed by atoms with Crippen molar-refractivity contribution in [3.05, 3.63) is 0 Å². The molecule has 1 amide bonds. The molecule has 0 rings (SSSR count). The zero-order valence-electron chi connectivity index (χ0n) is 37.9. The number of rotatable bonds is 47. The fourth-order valence-corrected chi connectivity index (χ4v) is 7.66. The van der Waals surface area contributed by atoms with E-state index < -0.39 is 32.2 Å². The van der Waals surface area contributed by atoms with Gasteiger partial charge in [-0.15, -0.1) is 9.05 Å². The number of ether oxygens (including phenoxy) is 2. The molecule has 0 aliphatic carbocycles. The van der Waals surface area contributed by atoms with E-state index in [0.717, 1.165) is 38.5 Å². The maximum Gasteiger partial charge on any atom is 0.697 e. The molecule has 346 valence electrons. The van der Waals surface area contributed by atoms with Crippen LogP contribution in [-0.2, 0) is 42.3 Å². The van der Waals surface area contributed by atoms with E-state index in [0.29, 0.717) is 6.42 Å². The zero-order chi connectivity index (χ0) is 43.3. The maximum atomic E-state index is 12.7. The summed E-state index contributed by atoms with van der Waals surface area (Å²) in [4.78, 5) is 47.5. The molecule has 11 nitrogen and oxygen atoms in total. The number of hydrogen-bond acceptors (Lipinski definition) is 9. The van der Waals surface area contributed by atoms with Crippen molar-refractivity contribution < 1.29 is 47.4 Å². The number of carboxylic acid groups (broad SMARTS) is 1. The van der Waals surface area contributed by atoms with Crippen LogP contribution in [0.2, 0.25) is 0 Å². The molecule has 0 aliphatic rings. The summed E-state index contributed by atoms with van der Waals surface area (Å²) in [5.41, 5.74) is 0. The monoisotopic (exact) mass is 859 g/mol. The smallest absolute Gasteiger partial charge is 0.481 e. The Morgan fingerprint density at radius 3 is 1.24 bits per heavy atom. The SMILES string of the molecule is CCCCCCCCCCCCCCCCCCC(=O)OCC(CO[P+](=O)OCCNC(=O)CCC(=O)O)OC(=O)CCCCCCCCCCCCCCCCCC. The number of esters is 2. The van der Waals surface area contributed by atoms with E-state index in [9.17, 15) is 23.7 Å². The molecule has 0 aromatic carbocycles. The molecule has 0 saturated heterocycles. The third kappa shape index (κ3) is 45.3. The lowest BCUT2D eigenvalue weighted by atomic mass is 10.0. The van der Waals surface area contributed by atoms with Crippen molar-refractivity contribution in [2.75, 3.05) is 26.4 Å². The molecule has 2 unspecified atom stereocenters. The quantitative estimate of drug-likeness (QED) is 0.0343. The van der Waals surface area contributed by atoms with Crippen molar-refractivity contribution in [1.82, 2.24) is 5.32 Å². The Morgan fingerprint density at radius 2 is 0.847 bits per heavy atom. The van der Waals surface area contributed by atoms with E-state index in [4.69, 9.17) is 23.6 Å². The molecular formula is C47H89NO10P+. The van der Waals surface area contributed by atoms with Crippen LogP contribution in [0.5, 0.6) is 0 Å². The molecule has 0 heterocycles. The summed E-state index contributed by atoms with van der Waals surface area (Å²) in [5.74, 6) is -2.31. The molecule has 12 heteroatoms. The van der Waals surface area contributed by atoms with Crippen molar-refractivity contribution in [2.45, 2.75) is 251 Å². The molecule has 0 radical (unpaired) electrons. The number of carboxylic acids is 1. The average molecular weight is 859 g/mol. The summed E-state index contributed by atoms with van der Waals surface area (Å²) < 4.78 is 33.7. The highest BCUT2D eigenvalue weighted by Crippen LogP contribution is 2.24. The normalized spacial score (nSPS) is 12.0. The van der Waals surface area contributed by atoms with Gasteiger partial charge in [-0.25, -0.2) is 0 Å². The first kappa shape index (κ1) is 56.9. The van der Waals surface area contributed by atoms with Gasteiger partial charge in [-0.2, -0.15) is 0 Å². The topological polar surface area (TPSA) is 155 Å². The van der Waals surface area contributed by atoms with Gasteiger partial charge < -0.3 is 19.9 Å². The summed E-state index contributed by atoms with van der Waals surface area (Å²) in [7, 11) is -2.60. The third-order valence-electron chi connectivity index (χ3n) is 10.7. The van der Waals surface area contributed by atoms with Crippen molar-refractivity contribution in [2.24, 2.45) is 0 Å². The molecule has 0 spiro atoms. The van der Waals surface area contributed by atoms with Gasteiger partial charge in [-0.1, -0.05) is 206 Å². The molecule has 0 aliphatic heterocycles. The largest absolute Gasteiger partial charge is 0.697 e. The molecule has 0 fully saturated rings. The highest BCUT2D eigenvalue weighted by molar-refractivity contribution is 7.33. The second-order valence-electron chi connectivity index (χ2n) is 16.5. The molecule has 0 aromatic heterocycles. The Kier molecular flexibility index (Phi) is 43.8. The van der Waals surface area contributed by atoms with Crippen LogP contribution in [0.3, 0.4) is 0 Å². The number of carbonyl (C=O) groups excluding carboxylic acids is 3. The van der Waals surface area contributed by atoms with Gasteiger partial charge in [0.05, 0.1) is 6.42 Å². The lowest BCUT2D eigenvalue weighted by molar-refractivity contribution is -0.161. The van der Waals surface area contributed by atoms with E-state index >= 15 is 0 Å². The minimum Gasteiger partial charge on any atom is -0.481 e. The number of unbranched alkanes of at least 4 members (excludes halogenated alkanes) is 30. The summed E-state index contributed by atoms with van der Waals surface area (Å²) in [6.07, 6.45) is 39.2. The van der Waals surface area contributed by atoms with Gasteiger partial charge in [0.15, 0.2) is 6.10 Å². The van der Waals surface area contributed by atoms with E-state index in [-0.39, 0.29) is 58.0 Å². The molecular weight excluding hydrogens is 769 g/mol. The van der Waals surface area contributed by atoms with Crippen molar-refractivity contribution >= 4 is 32.1 Å². The maximum absolute atomic E-state index is 12.7. The highest BCUT2D eigenvalue weighted by atomic mass is 31.1. The first-order valence-corrected chi connectivity index (χ1v) is 25.4. The minimum absolute atomic E-state index is 0.0254. The van der Waals surface area contributed by atoms with E-state index in [1.165, 1.54) is 161 Å². The Morgan fingerprint density at radius 1 is 0.475 bits per heavy atom. The molecule has 0 saturated carbocycles. The van der Waals surface area contributed by atoms with Crippen molar-refractivity contribution in [1.29, 1.82) is 0 Å². The van der Waals surface area contributed by atoms with Crippen LogP contribution in [0.1, 0.15) is 245 Å². The summed E-state index contributed by atoms with van der Waals surface area (Å²) in [6.45, 7) is 3.94. The lowest BCUT2D eigenvalue weighted by Gasteiger charge is -2.16. The van der Waals surface area contributed by atoms with Crippen LogP contribution in [0.25, 0.3) is 0 Å². The van der Waals surface area contributed by atoms with Crippen LogP contribution >= 0.6 is 8.25 Å². The first-order valence-electron chi connectivity index (χ1n) is 24.3. The average Bonchev–Trinajstić information content (AvgIpc) is 3.22. The standard InChI is InChI=1S/C47H88NO10P/c1-3-5-7-9-11-13-15-17-19-21-23-25-27-29-31-33-35-46(52)55-41-43(42-57-59(54)56-40-39-48-44(49)37-38-45(50)51)58-47(53)36-34-32-30-28-26-24-22-20-18-16-14-12-10-8-6-4-2/h43H,3-42H2,1-2H3,(H-,48,49,50,51)/p+1. The van der Waals surface area contributed by atoms with Crippen LogP contribution in [0.15, 0.2) is 0 Å². The fraction of sp³-hybridized carbons (Fsp3) is 0.915. The van der Waals surface area contributed by atoms with Gasteiger partial charge in [-0.3, -0.25) is 19.2 Å². The Hall–Kier alpha value is -2.10. The van der Waals surface area contributed by atoms with Crippen LogP contribution in [-0.4, -0.2) is 61.4 Å². The van der Waals surface area contributed by atoms with E-state index in [1.54, 1.807) is 0 Å². The van der Waals surface area contributed by atoms with Gasteiger partial charge in [0.25, 0.3) is 0 Å². The number of nitrogens with one attached hydrogen (secondary N) is 1. The van der Waals surface area contributed by atoms with Crippen molar-refractivity contribution in [3.8, 4) is 0 Å². The Labute approximate surface area is 361 Å². The number of carbonyl (C=O) groups is 4. The highest BCUT2D eigenvalue weighted by Gasteiger charge is 2.26. The predicted molar refractivity (Wildman–Crippen MR) is 239 cm³/mol. The Balaban J connectivity index is 4.30. The minimum atomic E-state index is -2.60. The molecule has 2 N–H and O–H groups in total. The van der Waals surface area contributed by atoms with E-state index in [2.05, 4.69) is 19.2 Å². The molecule has 0 bridgehead atoms. The van der Waals surface area contributed by atoms with Gasteiger partial charge in [-0.05, 0) is 12.8 Å². The first-order chi connectivity index (χ1) is 28.8. The van der Waals surface area contributed by atoms with Crippen molar-refractivity contribution in [3.63, 3.8) is 0 Å². The number of hydrogen-bond donors (Lipinski definition) is 2. The van der Waals surface area contributed by atoms with Gasteiger partial charge >= 0.3 is 26.2 Å². The van der Waals surface area contributed by atoms with Crippen LogP contribution in [0, 0.1) is 0 Å². The number of aliphatic carboxylic acids is 1. The van der Waals surface area contributed by atoms with Crippen LogP contribution < -0.4 is 5.32 Å². The van der Waals surface area contributed by atoms with Gasteiger partial charge in [0.2, 0.25) is 5.91 Å². The summed E-state index contributed by atoms with van der Waals surface area (Å²) in [6, 6.07) is 0. The number of amides is 1. The van der Waals surface area contributed by atoms with Crippen LogP contribution in [0.4, 0.5) is 0 Å². The summed E-state index contributed by atoms with van der Waals surface area (Å²) >= 11 is 0. The van der Waals surface area contributed by atoms with E-state index in [1.807, 2.05) is 0 Å². The van der Waals surface area contributed by atoms with Gasteiger partial charge in [0.1, 0.15) is 19.8 Å². The second kappa shape index (κ2) is 45.4. The van der Waals surface area contributed by atoms with Gasteiger partial charge in [0, 0.05) is 30.4 Å². The lowest BCUT2D eigenvalue weighted by Crippen LogP contribution is -2.29. The molecule has 0 aromatic rings. The second-order valence-corrected chi connectivity index (χ2v) is 17.5. The third-order valence-corrected chi connectivity index (χ3v) is 11.5. The summed E-state index contributed by atoms with van der Waals surface area (Å²) in [5, 5.41) is 11.2.